The number of hydrogen-bond acceptors (Lipinski definition) is 3. The minimum Gasteiger partial charge on any atom is -0.306 e. The summed E-state index contributed by atoms with van der Waals surface area (Å²) in [5.41, 5.74) is 3.55. The lowest BCUT2D eigenvalue weighted by Crippen LogP contribution is -2.23. The van der Waals surface area contributed by atoms with Crippen LogP contribution in [0.3, 0.4) is 0 Å². The molecule has 0 aliphatic rings. The summed E-state index contributed by atoms with van der Waals surface area (Å²) >= 11 is 0. The maximum atomic E-state index is 4.28. The molecule has 1 atom stereocenters. The van der Waals surface area contributed by atoms with Crippen molar-refractivity contribution < 1.29 is 0 Å². The molecule has 2 aromatic heterocycles. The van der Waals surface area contributed by atoms with Crippen molar-refractivity contribution in [1.29, 1.82) is 0 Å². The van der Waals surface area contributed by atoms with Gasteiger partial charge in [0, 0.05) is 24.8 Å². The molecule has 2 heterocycles. The highest BCUT2D eigenvalue weighted by Gasteiger charge is 2.13. The van der Waals surface area contributed by atoms with E-state index in [0.717, 1.165) is 13.0 Å². The smallest absolute Gasteiger partial charge is 0.0607 e. The summed E-state index contributed by atoms with van der Waals surface area (Å²) in [6.07, 6.45) is 8.62. The quantitative estimate of drug-likeness (QED) is 0.874. The van der Waals surface area contributed by atoms with Gasteiger partial charge in [0.25, 0.3) is 0 Å². The fourth-order valence-electron chi connectivity index (χ4n) is 2.00. The second-order valence-electron chi connectivity index (χ2n) is 4.47. The Hall–Kier alpha value is -1.74. The molecule has 0 aliphatic heterocycles. The van der Waals surface area contributed by atoms with Crippen molar-refractivity contribution in [3.05, 3.63) is 59.7 Å². The van der Waals surface area contributed by atoms with Gasteiger partial charge in [-0.2, -0.15) is 0 Å². The van der Waals surface area contributed by atoms with E-state index in [1.807, 2.05) is 24.7 Å². The Morgan fingerprint density at radius 2 is 2.00 bits per heavy atom. The predicted molar refractivity (Wildman–Crippen MR) is 73.3 cm³/mol. The van der Waals surface area contributed by atoms with Gasteiger partial charge in [-0.05, 0) is 42.6 Å². The highest BCUT2D eigenvalue weighted by atomic mass is 14.9. The van der Waals surface area contributed by atoms with Gasteiger partial charge in [-0.3, -0.25) is 9.97 Å². The second-order valence-corrected chi connectivity index (χ2v) is 4.47. The topological polar surface area (TPSA) is 37.8 Å². The van der Waals surface area contributed by atoms with Gasteiger partial charge in [0.2, 0.25) is 0 Å². The zero-order chi connectivity index (χ0) is 12.8. The van der Waals surface area contributed by atoms with Crippen molar-refractivity contribution >= 4 is 0 Å². The van der Waals surface area contributed by atoms with Crippen LogP contribution in [0.5, 0.6) is 0 Å². The molecule has 0 saturated carbocycles. The monoisotopic (exact) mass is 241 g/mol. The molecular formula is C15H19N3. The molecule has 0 fully saturated rings. The van der Waals surface area contributed by atoms with E-state index in [1.165, 1.54) is 16.7 Å². The van der Waals surface area contributed by atoms with Crippen molar-refractivity contribution in [2.75, 3.05) is 6.54 Å². The molecule has 18 heavy (non-hydrogen) atoms. The molecule has 1 N–H and O–H groups in total. The lowest BCUT2D eigenvalue weighted by Gasteiger charge is -2.19. The number of nitrogens with one attached hydrogen (secondary N) is 1. The molecule has 3 heteroatoms. The lowest BCUT2D eigenvalue weighted by molar-refractivity contribution is 0.595. The first-order valence-electron chi connectivity index (χ1n) is 6.36. The predicted octanol–water partition coefficient (Wildman–Crippen LogP) is 2.87. The Balaban J connectivity index is 2.31. The van der Waals surface area contributed by atoms with Gasteiger partial charge < -0.3 is 5.32 Å². The van der Waals surface area contributed by atoms with E-state index >= 15 is 0 Å². The lowest BCUT2D eigenvalue weighted by atomic mass is 10.0. The molecular weight excluding hydrogens is 222 g/mol. The first-order chi connectivity index (χ1) is 8.81. The fraction of sp³-hybridized carbons (Fsp3) is 0.333. The molecule has 0 aliphatic carbocycles. The SMILES string of the molecule is CCCNC(c1cccnc1)c1cncc(C)c1. The molecule has 0 aromatic carbocycles. The van der Waals surface area contributed by atoms with Crippen molar-refractivity contribution in [2.45, 2.75) is 26.3 Å². The molecule has 94 valence electrons. The van der Waals surface area contributed by atoms with Crippen LogP contribution in [-0.4, -0.2) is 16.5 Å². The Morgan fingerprint density at radius 1 is 1.17 bits per heavy atom. The molecule has 3 nitrogen and oxygen atoms in total. The van der Waals surface area contributed by atoms with Crippen LogP contribution in [0, 0.1) is 6.92 Å². The molecule has 0 spiro atoms. The van der Waals surface area contributed by atoms with Crippen LogP contribution in [0.2, 0.25) is 0 Å². The third-order valence-corrected chi connectivity index (χ3v) is 2.85. The van der Waals surface area contributed by atoms with Gasteiger partial charge in [0.1, 0.15) is 0 Å². The van der Waals surface area contributed by atoms with Crippen LogP contribution >= 0.6 is 0 Å². The van der Waals surface area contributed by atoms with E-state index in [-0.39, 0.29) is 6.04 Å². The highest BCUT2D eigenvalue weighted by molar-refractivity contribution is 5.30. The van der Waals surface area contributed by atoms with Crippen molar-refractivity contribution in [2.24, 2.45) is 0 Å². The normalized spacial score (nSPS) is 12.3. The molecule has 0 amide bonds. The number of pyridine rings is 2. The number of aromatic nitrogens is 2. The van der Waals surface area contributed by atoms with Gasteiger partial charge in [-0.25, -0.2) is 0 Å². The Labute approximate surface area is 108 Å². The molecule has 2 rings (SSSR count). The standard InChI is InChI=1S/C15H19N3/c1-3-6-18-15(13-5-4-7-16-10-13)14-8-12(2)9-17-11-14/h4-5,7-11,15,18H,3,6H2,1-2H3. The van der Waals surface area contributed by atoms with E-state index in [0.29, 0.717) is 0 Å². The van der Waals surface area contributed by atoms with Crippen molar-refractivity contribution in [3.63, 3.8) is 0 Å². The molecule has 2 aromatic rings. The van der Waals surface area contributed by atoms with Gasteiger partial charge in [-0.1, -0.05) is 19.1 Å². The highest BCUT2D eigenvalue weighted by Crippen LogP contribution is 2.21. The third kappa shape index (κ3) is 3.14. The molecule has 0 radical (unpaired) electrons. The minimum absolute atomic E-state index is 0.172. The van der Waals surface area contributed by atoms with E-state index in [4.69, 9.17) is 0 Å². The van der Waals surface area contributed by atoms with Crippen LogP contribution < -0.4 is 5.32 Å². The maximum Gasteiger partial charge on any atom is 0.0607 e. The Bertz CT molecular complexity index is 482. The maximum absolute atomic E-state index is 4.28. The largest absolute Gasteiger partial charge is 0.306 e. The summed E-state index contributed by atoms with van der Waals surface area (Å²) < 4.78 is 0. The molecule has 0 saturated heterocycles. The summed E-state index contributed by atoms with van der Waals surface area (Å²) in [7, 11) is 0. The van der Waals surface area contributed by atoms with Gasteiger partial charge >= 0.3 is 0 Å². The Kier molecular flexibility index (Phi) is 4.42. The van der Waals surface area contributed by atoms with E-state index in [9.17, 15) is 0 Å². The summed E-state index contributed by atoms with van der Waals surface area (Å²) in [5.74, 6) is 0. The zero-order valence-corrected chi connectivity index (χ0v) is 10.9. The summed E-state index contributed by atoms with van der Waals surface area (Å²) in [6.45, 7) is 5.21. The van der Waals surface area contributed by atoms with Crippen LogP contribution in [0.4, 0.5) is 0 Å². The first kappa shape index (κ1) is 12.7. The fourth-order valence-corrected chi connectivity index (χ4v) is 2.00. The summed E-state index contributed by atoms with van der Waals surface area (Å²) in [4.78, 5) is 8.48. The third-order valence-electron chi connectivity index (χ3n) is 2.85. The van der Waals surface area contributed by atoms with Gasteiger partial charge in [0.05, 0.1) is 6.04 Å². The van der Waals surface area contributed by atoms with Crippen LogP contribution in [0.15, 0.2) is 43.0 Å². The van der Waals surface area contributed by atoms with Crippen molar-refractivity contribution in [1.82, 2.24) is 15.3 Å². The van der Waals surface area contributed by atoms with Gasteiger partial charge in [-0.15, -0.1) is 0 Å². The van der Waals surface area contributed by atoms with E-state index < -0.39 is 0 Å². The number of rotatable bonds is 5. The van der Waals surface area contributed by atoms with E-state index in [1.54, 1.807) is 6.20 Å². The minimum atomic E-state index is 0.172. The van der Waals surface area contributed by atoms with E-state index in [2.05, 4.69) is 41.3 Å². The number of nitrogens with zero attached hydrogens (tertiary/aromatic N) is 2. The van der Waals surface area contributed by atoms with Crippen LogP contribution in [0.25, 0.3) is 0 Å². The van der Waals surface area contributed by atoms with Crippen LogP contribution in [-0.2, 0) is 0 Å². The zero-order valence-electron chi connectivity index (χ0n) is 10.9. The van der Waals surface area contributed by atoms with Crippen LogP contribution in [0.1, 0.15) is 36.1 Å². The summed E-state index contributed by atoms with van der Waals surface area (Å²) in [6, 6.07) is 6.42. The molecule has 1 unspecified atom stereocenters. The average Bonchev–Trinajstić information content (AvgIpc) is 2.40. The molecule has 0 bridgehead atoms. The number of aryl methyl sites for hydroxylation is 1. The van der Waals surface area contributed by atoms with Crippen molar-refractivity contribution in [3.8, 4) is 0 Å². The number of hydrogen-bond donors (Lipinski definition) is 1. The second kappa shape index (κ2) is 6.26. The Morgan fingerprint density at radius 3 is 2.67 bits per heavy atom. The first-order valence-corrected chi connectivity index (χ1v) is 6.36. The average molecular weight is 241 g/mol. The van der Waals surface area contributed by atoms with Gasteiger partial charge in [0.15, 0.2) is 0 Å². The summed E-state index contributed by atoms with van der Waals surface area (Å²) in [5, 5.41) is 3.55.